The summed E-state index contributed by atoms with van der Waals surface area (Å²) in [6.45, 7) is 4.41. The van der Waals surface area contributed by atoms with Crippen molar-refractivity contribution in [3.05, 3.63) is 23.2 Å². The molecule has 1 N–H and O–H groups in total. The topological polar surface area (TPSA) is 83.4 Å². The van der Waals surface area contributed by atoms with E-state index in [0.717, 1.165) is 12.8 Å². The lowest BCUT2D eigenvalue weighted by Gasteiger charge is -2.39. The van der Waals surface area contributed by atoms with E-state index in [1.165, 1.54) is 12.4 Å². The van der Waals surface area contributed by atoms with Gasteiger partial charge in [-0.15, -0.1) is 0 Å². The van der Waals surface area contributed by atoms with Gasteiger partial charge in [-0.05, 0) is 32.6 Å². The molecule has 1 aromatic rings. The van der Waals surface area contributed by atoms with E-state index < -0.39 is 11.4 Å². The fourth-order valence-corrected chi connectivity index (χ4v) is 2.68. The Kier molecular flexibility index (Phi) is 4.46. The lowest BCUT2D eigenvalue weighted by molar-refractivity contribution is -0.151. The summed E-state index contributed by atoms with van der Waals surface area (Å²) in [7, 11) is 0. The van der Waals surface area contributed by atoms with E-state index in [2.05, 4.69) is 9.97 Å². The number of carbonyl (C=O) groups excluding carboxylic acids is 1. The standard InChI is InChI=1S/C14H18ClN3O3/c1-14(2,13(20)21)9-4-3-5-18(8-9)12(19)10-6-16-7-11(15)17-10/h6-7,9H,3-5,8H2,1-2H3,(H,20,21). The highest BCUT2D eigenvalue weighted by molar-refractivity contribution is 6.29. The van der Waals surface area contributed by atoms with Gasteiger partial charge in [0.05, 0.1) is 17.8 Å². The number of carboxylic acids is 1. The number of amides is 1. The fraction of sp³-hybridized carbons (Fsp3) is 0.571. The summed E-state index contributed by atoms with van der Waals surface area (Å²) in [6, 6.07) is 0. The summed E-state index contributed by atoms with van der Waals surface area (Å²) >= 11 is 5.75. The summed E-state index contributed by atoms with van der Waals surface area (Å²) < 4.78 is 0. The number of rotatable bonds is 3. The normalized spacial score (nSPS) is 19.4. The Morgan fingerprint density at radius 2 is 2.14 bits per heavy atom. The molecule has 1 atom stereocenters. The number of aliphatic carboxylic acids is 1. The van der Waals surface area contributed by atoms with Crippen molar-refractivity contribution in [2.45, 2.75) is 26.7 Å². The second-order valence-electron chi connectivity index (χ2n) is 5.84. The third kappa shape index (κ3) is 3.32. The first-order valence-corrected chi connectivity index (χ1v) is 7.20. The molecule has 7 heteroatoms. The number of carboxylic acid groups (broad SMARTS) is 1. The lowest BCUT2D eigenvalue weighted by Crippen LogP contribution is -2.47. The predicted octanol–water partition coefficient (Wildman–Crippen LogP) is 2.09. The lowest BCUT2D eigenvalue weighted by atomic mass is 9.74. The molecule has 0 aliphatic carbocycles. The number of carbonyl (C=O) groups is 2. The van der Waals surface area contributed by atoms with Gasteiger partial charge in [0, 0.05) is 13.1 Å². The van der Waals surface area contributed by atoms with Crippen molar-refractivity contribution >= 4 is 23.5 Å². The molecule has 114 valence electrons. The Balaban J connectivity index is 2.14. The van der Waals surface area contributed by atoms with E-state index in [9.17, 15) is 14.7 Å². The SMILES string of the molecule is CC(C)(C(=O)O)C1CCCN(C(=O)c2cncc(Cl)n2)C1. The summed E-state index contributed by atoms with van der Waals surface area (Å²) in [5.74, 6) is -1.18. The molecule has 1 saturated heterocycles. The van der Waals surface area contributed by atoms with Crippen LogP contribution in [-0.2, 0) is 4.79 Å². The van der Waals surface area contributed by atoms with Gasteiger partial charge in [0.25, 0.3) is 5.91 Å². The molecular formula is C14H18ClN3O3. The third-order valence-corrected chi connectivity index (χ3v) is 4.29. The molecule has 0 spiro atoms. The maximum atomic E-state index is 12.4. The van der Waals surface area contributed by atoms with Gasteiger partial charge in [-0.3, -0.25) is 14.6 Å². The van der Waals surface area contributed by atoms with Crippen LogP contribution in [-0.4, -0.2) is 44.9 Å². The van der Waals surface area contributed by atoms with Gasteiger partial charge in [0.2, 0.25) is 0 Å². The van der Waals surface area contributed by atoms with E-state index in [1.54, 1.807) is 18.7 Å². The van der Waals surface area contributed by atoms with E-state index in [-0.39, 0.29) is 22.7 Å². The zero-order valence-corrected chi connectivity index (χ0v) is 12.8. The molecule has 21 heavy (non-hydrogen) atoms. The van der Waals surface area contributed by atoms with E-state index in [4.69, 9.17) is 11.6 Å². The minimum absolute atomic E-state index is 0.0835. The Bertz CT molecular complexity index is 562. The molecule has 0 radical (unpaired) electrons. The van der Waals surface area contributed by atoms with Gasteiger partial charge in [0.1, 0.15) is 10.8 Å². The van der Waals surface area contributed by atoms with Crippen molar-refractivity contribution in [3.8, 4) is 0 Å². The third-order valence-electron chi connectivity index (χ3n) is 4.10. The largest absolute Gasteiger partial charge is 0.481 e. The number of nitrogens with zero attached hydrogens (tertiary/aromatic N) is 3. The van der Waals surface area contributed by atoms with Gasteiger partial charge in [-0.25, -0.2) is 4.98 Å². The minimum atomic E-state index is -0.862. The van der Waals surface area contributed by atoms with Crippen LogP contribution in [0, 0.1) is 11.3 Å². The van der Waals surface area contributed by atoms with E-state index >= 15 is 0 Å². The van der Waals surface area contributed by atoms with E-state index in [1.807, 2.05) is 0 Å². The molecule has 0 bridgehead atoms. The average molecular weight is 312 g/mol. The van der Waals surface area contributed by atoms with Gasteiger partial charge >= 0.3 is 5.97 Å². The number of halogens is 1. The summed E-state index contributed by atoms with van der Waals surface area (Å²) in [5, 5.41) is 9.50. The molecule has 1 aromatic heterocycles. The van der Waals surface area contributed by atoms with Crippen molar-refractivity contribution in [2.75, 3.05) is 13.1 Å². The monoisotopic (exact) mass is 311 g/mol. The Hall–Kier alpha value is -1.69. The van der Waals surface area contributed by atoms with Gasteiger partial charge in [-0.2, -0.15) is 0 Å². The van der Waals surface area contributed by atoms with Crippen molar-refractivity contribution in [3.63, 3.8) is 0 Å². The van der Waals surface area contributed by atoms with Crippen LogP contribution >= 0.6 is 11.6 Å². The highest BCUT2D eigenvalue weighted by Gasteiger charge is 2.40. The Labute approximate surface area is 128 Å². The number of hydrogen-bond acceptors (Lipinski definition) is 4. The molecule has 0 saturated carbocycles. The predicted molar refractivity (Wildman–Crippen MR) is 77.1 cm³/mol. The number of hydrogen-bond donors (Lipinski definition) is 1. The quantitative estimate of drug-likeness (QED) is 0.924. The second kappa shape index (κ2) is 5.97. The Morgan fingerprint density at radius 1 is 1.43 bits per heavy atom. The molecule has 0 aromatic carbocycles. The molecular weight excluding hydrogens is 294 g/mol. The van der Waals surface area contributed by atoms with Crippen LogP contribution in [0.5, 0.6) is 0 Å². The summed E-state index contributed by atoms with van der Waals surface area (Å²) in [4.78, 5) is 33.2. The first-order chi connectivity index (χ1) is 9.82. The molecule has 1 aliphatic heterocycles. The first kappa shape index (κ1) is 15.7. The minimum Gasteiger partial charge on any atom is -0.481 e. The second-order valence-corrected chi connectivity index (χ2v) is 6.23. The van der Waals surface area contributed by atoms with Crippen LogP contribution in [0.1, 0.15) is 37.2 Å². The zero-order valence-electron chi connectivity index (χ0n) is 12.0. The van der Waals surface area contributed by atoms with Crippen LogP contribution in [0.4, 0.5) is 0 Å². The summed E-state index contributed by atoms with van der Waals surface area (Å²) in [5.41, 5.74) is -0.671. The summed E-state index contributed by atoms with van der Waals surface area (Å²) in [6.07, 6.45) is 4.32. The van der Waals surface area contributed by atoms with Crippen molar-refractivity contribution in [1.29, 1.82) is 0 Å². The van der Waals surface area contributed by atoms with Crippen molar-refractivity contribution in [2.24, 2.45) is 11.3 Å². The highest BCUT2D eigenvalue weighted by Crippen LogP contribution is 2.34. The molecule has 1 aliphatic rings. The fourth-order valence-electron chi connectivity index (χ4n) is 2.53. The first-order valence-electron chi connectivity index (χ1n) is 6.82. The number of likely N-dealkylation sites (tertiary alicyclic amines) is 1. The van der Waals surface area contributed by atoms with Gasteiger partial charge in [0.15, 0.2) is 0 Å². The highest BCUT2D eigenvalue weighted by atomic mass is 35.5. The Morgan fingerprint density at radius 3 is 2.76 bits per heavy atom. The van der Waals surface area contributed by atoms with Crippen LogP contribution in [0.25, 0.3) is 0 Å². The molecule has 2 heterocycles. The van der Waals surface area contributed by atoms with Crippen molar-refractivity contribution < 1.29 is 14.7 Å². The van der Waals surface area contributed by atoms with Gasteiger partial charge in [-0.1, -0.05) is 11.6 Å². The van der Waals surface area contributed by atoms with Crippen LogP contribution in [0.15, 0.2) is 12.4 Å². The van der Waals surface area contributed by atoms with Crippen LogP contribution < -0.4 is 0 Å². The van der Waals surface area contributed by atoms with Gasteiger partial charge < -0.3 is 10.0 Å². The molecule has 2 rings (SSSR count). The maximum absolute atomic E-state index is 12.4. The number of aromatic nitrogens is 2. The maximum Gasteiger partial charge on any atom is 0.309 e. The molecule has 1 unspecified atom stereocenters. The zero-order chi connectivity index (χ0) is 15.6. The van der Waals surface area contributed by atoms with Crippen molar-refractivity contribution in [1.82, 2.24) is 14.9 Å². The average Bonchev–Trinajstić information content (AvgIpc) is 2.46. The smallest absolute Gasteiger partial charge is 0.309 e. The molecule has 1 amide bonds. The molecule has 1 fully saturated rings. The molecule has 6 nitrogen and oxygen atoms in total. The van der Waals surface area contributed by atoms with Crippen LogP contribution in [0.2, 0.25) is 5.15 Å². The van der Waals surface area contributed by atoms with Crippen LogP contribution in [0.3, 0.4) is 0 Å². The number of piperidine rings is 1. The van der Waals surface area contributed by atoms with E-state index in [0.29, 0.717) is 13.1 Å².